The summed E-state index contributed by atoms with van der Waals surface area (Å²) in [5.74, 6) is -0.633. The molecule has 2 fully saturated rings. The molecular formula is C13H23F3N2. The van der Waals surface area contributed by atoms with Gasteiger partial charge in [-0.1, -0.05) is 6.42 Å². The van der Waals surface area contributed by atoms with E-state index in [9.17, 15) is 13.2 Å². The van der Waals surface area contributed by atoms with E-state index in [2.05, 4.69) is 11.8 Å². The van der Waals surface area contributed by atoms with Gasteiger partial charge in [-0.25, -0.2) is 0 Å². The third-order valence-electron chi connectivity index (χ3n) is 4.62. The molecule has 106 valence electrons. The van der Waals surface area contributed by atoms with E-state index in [1.54, 1.807) is 0 Å². The van der Waals surface area contributed by atoms with E-state index < -0.39 is 12.1 Å². The maximum atomic E-state index is 12.8. The minimum absolute atomic E-state index is 0.108. The number of hydrogen-bond acceptors (Lipinski definition) is 2. The van der Waals surface area contributed by atoms with Crippen molar-refractivity contribution < 1.29 is 13.2 Å². The largest absolute Gasteiger partial charge is 0.391 e. The number of alkyl halides is 3. The fourth-order valence-electron chi connectivity index (χ4n) is 3.61. The summed E-state index contributed by atoms with van der Waals surface area (Å²) >= 11 is 0. The molecule has 0 amide bonds. The number of nitrogens with two attached hydrogens (primary N) is 1. The first-order valence-corrected chi connectivity index (χ1v) is 6.94. The highest BCUT2D eigenvalue weighted by atomic mass is 19.4. The lowest BCUT2D eigenvalue weighted by Gasteiger charge is -2.38. The molecule has 0 bridgehead atoms. The Bertz CT molecular complexity index is 280. The summed E-state index contributed by atoms with van der Waals surface area (Å²) in [7, 11) is 0. The zero-order chi connectivity index (χ0) is 13.3. The summed E-state index contributed by atoms with van der Waals surface area (Å²) in [5, 5.41) is 0. The van der Waals surface area contributed by atoms with Crippen LogP contribution in [0.25, 0.3) is 0 Å². The van der Waals surface area contributed by atoms with E-state index in [0.717, 1.165) is 19.4 Å². The number of nitrogens with zero attached hydrogens (tertiary/aromatic N) is 1. The van der Waals surface area contributed by atoms with Crippen molar-refractivity contribution in [2.75, 3.05) is 13.1 Å². The number of rotatable bonds is 2. The van der Waals surface area contributed by atoms with Crippen molar-refractivity contribution in [2.24, 2.45) is 17.6 Å². The second kappa shape index (κ2) is 5.37. The van der Waals surface area contributed by atoms with Gasteiger partial charge >= 0.3 is 6.18 Å². The highest BCUT2D eigenvalue weighted by Gasteiger charge is 2.44. The standard InChI is InChI=1S/C13H23F3N2/c1-9-5-10(7-17)8-18(9)12-4-2-3-11(6-12)13(14,15)16/h9-12H,2-8,17H2,1H3. The zero-order valence-corrected chi connectivity index (χ0v) is 10.9. The zero-order valence-electron chi connectivity index (χ0n) is 10.9. The SMILES string of the molecule is CC1CC(CN)CN1C1CCCC(C(F)(F)F)C1. The molecule has 0 aromatic heterocycles. The maximum Gasteiger partial charge on any atom is 0.391 e. The summed E-state index contributed by atoms with van der Waals surface area (Å²) in [4.78, 5) is 2.27. The van der Waals surface area contributed by atoms with Crippen LogP contribution in [-0.2, 0) is 0 Å². The lowest BCUT2D eigenvalue weighted by Crippen LogP contribution is -2.43. The Balaban J connectivity index is 1.97. The molecule has 1 saturated carbocycles. The van der Waals surface area contributed by atoms with Gasteiger partial charge in [0.1, 0.15) is 0 Å². The van der Waals surface area contributed by atoms with Crippen molar-refractivity contribution in [1.82, 2.24) is 4.90 Å². The predicted octanol–water partition coefficient (Wildman–Crippen LogP) is 2.78. The first kappa shape index (κ1) is 14.1. The second-order valence-electron chi connectivity index (χ2n) is 5.94. The van der Waals surface area contributed by atoms with Gasteiger partial charge in [0.05, 0.1) is 5.92 Å². The molecule has 2 N–H and O–H groups in total. The molecule has 0 aromatic carbocycles. The summed E-state index contributed by atoms with van der Waals surface area (Å²) in [6.07, 6.45) is -0.786. The Morgan fingerprint density at radius 3 is 2.50 bits per heavy atom. The van der Waals surface area contributed by atoms with Gasteiger partial charge in [0.25, 0.3) is 0 Å². The molecule has 1 aliphatic carbocycles. The monoisotopic (exact) mass is 264 g/mol. The van der Waals surface area contributed by atoms with Crippen LogP contribution in [0.2, 0.25) is 0 Å². The van der Waals surface area contributed by atoms with Crippen LogP contribution < -0.4 is 5.73 Å². The molecule has 1 saturated heterocycles. The average molecular weight is 264 g/mol. The van der Waals surface area contributed by atoms with Crippen LogP contribution in [0.15, 0.2) is 0 Å². The quantitative estimate of drug-likeness (QED) is 0.831. The van der Waals surface area contributed by atoms with E-state index in [1.807, 2.05) is 0 Å². The van der Waals surface area contributed by atoms with Crippen molar-refractivity contribution in [3.8, 4) is 0 Å². The van der Waals surface area contributed by atoms with Crippen LogP contribution >= 0.6 is 0 Å². The fourth-order valence-corrected chi connectivity index (χ4v) is 3.61. The second-order valence-corrected chi connectivity index (χ2v) is 5.94. The predicted molar refractivity (Wildman–Crippen MR) is 65.1 cm³/mol. The van der Waals surface area contributed by atoms with Crippen LogP contribution in [-0.4, -0.2) is 36.2 Å². The van der Waals surface area contributed by atoms with Crippen LogP contribution in [0.5, 0.6) is 0 Å². The molecule has 2 rings (SSSR count). The van der Waals surface area contributed by atoms with E-state index in [1.165, 1.54) is 0 Å². The normalized spacial score (nSPS) is 39.2. The van der Waals surface area contributed by atoms with Gasteiger partial charge < -0.3 is 5.73 Å². The van der Waals surface area contributed by atoms with Crippen molar-refractivity contribution >= 4 is 0 Å². The van der Waals surface area contributed by atoms with Crippen LogP contribution in [0, 0.1) is 11.8 Å². The van der Waals surface area contributed by atoms with Gasteiger partial charge in [0.15, 0.2) is 0 Å². The molecule has 0 radical (unpaired) electrons. The summed E-state index contributed by atoms with van der Waals surface area (Å²) < 4.78 is 38.4. The maximum absolute atomic E-state index is 12.8. The molecule has 18 heavy (non-hydrogen) atoms. The average Bonchev–Trinajstić information content (AvgIpc) is 2.70. The van der Waals surface area contributed by atoms with Crippen LogP contribution in [0.3, 0.4) is 0 Å². The van der Waals surface area contributed by atoms with Crippen molar-refractivity contribution in [2.45, 2.75) is 57.3 Å². The Hall–Kier alpha value is -0.290. The van der Waals surface area contributed by atoms with Gasteiger partial charge in [0.2, 0.25) is 0 Å². The van der Waals surface area contributed by atoms with E-state index in [-0.39, 0.29) is 12.5 Å². The van der Waals surface area contributed by atoms with Gasteiger partial charge in [-0.15, -0.1) is 0 Å². The number of likely N-dealkylation sites (tertiary alicyclic amines) is 1. The van der Waals surface area contributed by atoms with Gasteiger partial charge in [-0.05, 0) is 45.1 Å². The minimum Gasteiger partial charge on any atom is -0.330 e. The molecule has 1 heterocycles. The first-order valence-electron chi connectivity index (χ1n) is 6.94. The highest BCUT2D eigenvalue weighted by molar-refractivity contribution is 4.91. The van der Waals surface area contributed by atoms with Gasteiger partial charge in [-0.3, -0.25) is 4.90 Å². The number of hydrogen-bond donors (Lipinski definition) is 1. The number of halogens is 3. The molecule has 0 spiro atoms. The molecule has 2 nitrogen and oxygen atoms in total. The molecule has 5 heteroatoms. The Morgan fingerprint density at radius 1 is 1.22 bits per heavy atom. The van der Waals surface area contributed by atoms with Gasteiger partial charge in [-0.2, -0.15) is 13.2 Å². The fraction of sp³-hybridized carbons (Fsp3) is 1.00. The molecule has 4 unspecified atom stereocenters. The van der Waals surface area contributed by atoms with Gasteiger partial charge in [0, 0.05) is 18.6 Å². The van der Waals surface area contributed by atoms with E-state index in [0.29, 0.717) is 31.3 Å². The molecule has 4 atom stereocenters. The lowest BCUT2D eigenvalue weighted by molar-refractivity contribution is -0.187. The Labute approximate surface area is 107 Å². The van der Waals surface area contributed by atoms with Crippen molar-refractivity contribution in [1.29, 1.82) is 0 Å². The van der Waals surface area contributed by atoms with Crippen molar-refractivity contribution in [3.63, 3.8) is 0 Å². The topological polar surface area (TPSA) is 29.3 Å². The van der Waals surface area contributed by atoms with E-state index in [4.69, 9.17) is 5.73 Å². The van der Waals surface area contributed by atoms with Crippen LogP contribution in [0.1, 0.15) is 39.0 Å². The third kappa shape index (κ3) is 2.99. The third-order valence-corrected chi connectivity index (χ3v) is 4.62. The minimum atomic E-state index is -4.02. The van der Waals surface area contributed by atoms with Crippen LogP contribution in [0.4, 0.5) is 13.2 Å². The summed E-state index contributed by atoms with van der Waals surface area (Å²) in [6, 6.07) is 0.493. The Kier molecular flexibility index (Phi) is 4.22. The Morgan fingerprint density at radius 2 is 1.94 bits per heavy atom. The lowest BCUT2D eigenvalue weighted by atomic mass is 9.84. The summed E-state index contributed by atoms with van der Waals surface area (Å²) in [5.41, 5.74) is 5.68. The smallest absolute Gasteiger partial charge is 0.330 e. The molecular weight excluding hydrogens is 241 g/mol. The highest BCUT2D eigenvalue weighted by Crippen LogP contribution is 2.40. The first-order chi connectivity index (χ1) is 8.41. The van der Waals surface area contributed by atoms with E-state index >= 15 is 0 Å². The molecule has 1 aliphatic heterocycles. The van der Waals surface area contributed by atoms with Crippen molar-refractivity contribution in [3.05, 3.63) is 0 Å². The molecule has 2 aliphatic rings. The molecule has 0 aromatic rings. The summed E-state index contributed by atoms with van der Waals surface area (Å²) in [6.45, 7) is 3.65.